The maximum atomic E-state index is 14.8. The summed E-state index contributed by atoms with van der Waals surface area (Å²) < 4.78 is 14.8. The molecule has 3 fully saturated rings. The van der Waals surface area contributed by atoms with Gasteiger partial charge in [-0.3, -0.25) is 4.98 Å². The van der Waals surface area contributed by atoms with Crippen LogP contribution < -0.4 is 4.90 Å². The third kappa shape index (κ3) is 3.44. The molecule has 38 heavy (non-hydrogen) atoms. The zero-order valence-corrected chi connectivity index (χ0v) is 21.3. The number of nitrogens with one attached hydrogen (secondary N) is 1. The van der Waals surface area contributed by atoms with Crippen LogP contribution in [0.15, 0.2) is 55.0 Å². The van der Waals surface area contributed by atoms with E-state index in [1.54, 1.807) is 12.1 Å². The minimum absolute atomic E-state index is 0.153. The third-order valence-corrected chi connectivity index (χ3v) is 8.72. The van der Waals surface area contributed by atoms with Crippen molar-refractivity contribution in [1.82, 2.24) is 24.9 Å². The number of rotatable bonds is 5. The number of H-pyrrole nitrogens is 1. The summed E-state index contributed by atoms with van der Waals surface area (Å²) in [5, 5.41) is 2.14. The molecule has 8 rings (SSSR count). The van der Waals surface area contributed by atoms with Gasteiger partial charge in [-0.15, -0.1) is 0 Å². The average Bonchev–Trinajstić information content (AvgIpc) is 3.90. The summed E-state index contributed by atoms with van der Waals surface area (Å²) in [5.74, 6) is 2.15. The van der Waals surface area contributed by atoms with Crippen molar-refractivity contribution >= 4 is 27.8 Å². The first-order valence-electron chi connectivity index (χ1n) is 13.9. The zero-order chi connectivity index (χ0) is 25.3. The molecule has 0 spiro atoms. The number of fused-ring (bicyclic) bond motifs is 2. The van der Waals surface area contributed by atoms with Crippen molar-refractivity contribution in [3.8, 4) is 11.4 Å². The van der Waals surface area contributed by atoms with Crippen molar-refractivity contribution in [3.05, 3.63) is 77.6 Å². The largest absolute Gasteiger partial charge is 0.356 e. The van der Waals surface area contributed by atoms with Crippen LogP contribution in [0.3, 0.4) is 0 Å². The lowest BCUT2D eigenvalue weighted by molar-refractivity contribution is 0.574. The summed E-state index contributed by atoms with van der Waals surface area (Å²) in [6.07, 6.45) is 13.6. The van der Waals surface area contributed by atoms with Crippen LogP contribution in [0.4, 0.5) is 10.2 Å². The molecule has 2 saturated carbocycles. The van der Waals surface area contributed by atoms with E-state index in [9.17, 15) is 4.39 Å². The molecule has 0 unspecified atom stereocenters. The van der Waals surface area contributed by atoms with Crippen LogP contribution in [0.1, 0.15) is 67.7 Å². The number of benzene rings is 1. The molecule has 7 heteroatoms. The maximum Gasteiger partial charge on any atom is 0.163 e. The van der Waals surface area contributed by atoms with E-state index in [1.165, 1.54) is 43.1 Å². The first-order chi connectivity index (χ1) is 18.7. The van der Waals surface area contributed by atoms with E-state index in [0.29, 0.717) is 11.7 Å². The molecule has 0 amide bonds. The Hall–Kier alpha value is -3.87. The number of aromatic amines is 1. The number of anilines is 1. The Kier molecular flexibility index (Phi) is 4.85. The van der Waals surface area contributed by atoms with Crippen molar-refractivity contribution < 1.29 is 4.39 Å². The van der Waals surface area contributed by atoms with E-state index in [-0.39, 0.29) is 11.2 Å². The fourth-order valence-corrected chi connectivity index (χ4v) is 6.39. The second-order valence-corrected chi connectivity index (χ2v) is 11.2. The predicted molar refractivity (Wildman–Crippen MR) is 147 cm³/mol. The Labute approximate surface area is 220 Å². The SMILES string of the molecule is Fc1ccccc1C1(c2cc3c(-c4nc(N5CCCCC5)c5c(C6CC6)cncc5n4)ccnc3[nH]2)CC1. The second kappa shape index (κ2) is 8.32. The van der Waals surface area contributed by atoms with Gasteiger partial charge in [-0.1, -0.05) is 18.2 Å². The van der Waals surface area contributed by atoms with Crippen molar-refractivity contribution in [1.29, 1.82) is 0 Å². The van der Waals surface area contributed by atoms with E-state index in [2.05, 4.69) is 25.9 Å². The molecular formula is C31H29FN6. The first kappa shape index (κ1) is 22.1. The Morgan fingerprint density at radius 1 is 0.974 bits per heavy atom. The van der Waals surface area contributed by atoms with Crippen molar-refractivity contribution in [2.24, 2.45) is 0 Å². The topological polar surface area (TPSA) is 70.6 Å². The van der Waals surface area contributed by atoms with Crippen LogP contribution in [-0.4, -0.2) is 38.0 Å². The van der Waals surface area contributed by atoms with E-state index in [0.717, 1.165) is 65.1 Å². The van der Waals surface area contributed by atoms with Crippen LogP contribution in [0.2, 0.25) is 0 Å². The molecule has 1 aliphatic heterocycles. The Morgan fingerprint density at radius 3 is 2.61 bits per heavy atom. The Balaban J connectivity index is 1.30. The van der Waals surface area contributed by atoms with Crippen LogP contribution in [0.25, 0.3) is 33.3 Å². The molecule has 3 aliphatic rings. The number of pyridine rings is 2. The normalized spacial score (nSPS) is 18.8. The van der Waals surface area contributed by atoms with Gasteiger partial charge in [-0.25, -0.2) is 19.3 Å². The predicted octanol–water partition coefficient (Wildman–Crippen LogP) is 6.65. The van der Waals surface area contributed by atoms with Gasteiger partial charge in [-0.2, -0.15) is 0 Å². The molecule has 0 bridgehead atoms. The van der Waals surface area contributed by atoms with E-state index in [1.807, 2.05) is 36.8 Å². The van der Waals surface area contributed by atoms with Crippen molar-refractivity contribution in [2.45, 2.75) is 56.3 Å². The van der Waals surface area contributed by atoms with Crippen LogP contribution in [0.5, 0.6) is 0 Å². The summed E-state index contributed by atoms with van der Waals surface area (Å²) >= 11 is 0. The van der Waals surface area contributed by atoms with Gasteiger partial charge in [0.25, 0.3) is 0 Å². The van der Waals surface area contributed by atoms with Crippen molar-refractivity contribution in [2.75, 3.05) is 18.0 Å². The van der Waals surface area contributed by atoms with Crippen LogP contribution >= 0.6 is 0 Å². The maximum absolute atomic E-state index is 14.8. The number of piperidine rings is 1. The molecule has 2 aliphatic carbocycles. The molecule has 1 aromatic carbocycles. The quantitative estimate of drug-likeness (QED) is 0.290. The number of hydrogen-bond acceptors (Lipinski definition) is 5. The summed E-state index contributed by atoms with van der Waals surface area (Å²) in [4.78, 5) is 25.5. The lowest BCUT2D eigenvalue weighted by atomic mass is 9.92. The minimum Gasteiger partial charge on any atom is -0.356 e. The van der Waals surface area contributed by atoms with Gasteiger partial charge < -0.3 is 9.88 Å². The average molecular weight is 505 g/mol. The van der Waals surface area contributed by atoms with Gasteiger partial charge in [0, 0.05) is 52.9 Å². The van der Waals surface area contributed by atoms with Gasteiger partial charge >= 0.3 is 0 Å². The Morgan fingerprint density at radius 2 is 1.82 bits per heavy atom. The fraction of sp³-hybridized carbons (Fsp3) is 0.355. The molecule has 1 saturated heterocycles. The lowest BCUT2D eigenvalue weighted by Crippen LogP contribution is -2.30. The number of aromatic nitrogens is 5. The molecule has 1 N–H and O–H groups in total. The number of hydrogen-bond donors (Lipinski definition) is 1. The minimum atomic E-state index is -0.324. The number of nitrogens with zero attached hydrogens (tertiary/aromatic N) is 5. The summed E-state index contributed by atoms with van der Waals surface area (Å²) in [6.45, 7) is 2.03. The molecule has 0 radical (unpaired) electrons. The monoisotopic (exact) mass is 504 g/mol. The van der Waals surface area contributed by atoms with Gasteiger partial charge in [0.1, 0.15) is 17.3 Å². The van der Waals surface area contributed by atoms with E-state index in [4.69, 9.17) is 9.97 Å². The highest BCUT2D eigenvalue weighted by Gasteiger charge is 2.48. The highest BCUT2D eigenvalue weighted by Crippen LogP contribution is 2.54. The molecule has 6 nitrogen and oxygen atoms in total. The standard InChI is InChI=1S/C31H29FN6/c32-24-7-3-2-6-23(24)31(11-12-31)26-16-21-20(10-13-34-28(21)36-26)29-35-25-18-33-17-22(19-8-9-19)27(25)30(37-29)38-14-4-1-5-15-38/h2-3,6-7,10,13,16-19H,1,4-5,8-9,11-12,14-15H2,(H,34,36). The molecule has 5 aromatic rings. The van der Waals surface area contributed by atoms with Gasteiger partial charge in [0.2, 0.25) is 0 Å². The summed E-state index contributed by atoms with van der Waals surface area (Å²) in [7, 11) is 0. The molecular weight excluding hydrogens is 475 g/mol. The third-order valence-electron chi connectivity index (χ3n) is 8.72. The van der Waals surface area contributed by atoms with Crippen LogP contribution in [-0.2, 0) is 5.41 Å². The van der Waals surface area contributed by atoms with Gasteiger partial charge in [0.15, 0.2) is 5.82 Å². The lowest BCUT2D eigenvalue weighted by Gasteiger charge is -2.29. The molecule has 5 heterocycles. The summed E-state index contributed by atoms with van der Waals surface area (Å²) in [5.41, 5.74) is 5.36. The van der Waals surface area contributed by atoms with Crippen molar-refractivity contribution in [3.63, 3.8) is 0 Å². The molecule has 4 aromatic heterocycles. The highest BCUT2D eigenvalue weighted by atomic mass is 19.1. The second-order valence-electron chi connectivity index (χ2n) is 11.2. The van der Waals surface area contributed by atoms with E-state index >= 15 is 0 Å². The van der Waals surface area contributed by atoms with Gasteiger partial charge in [0.05, 0.1) is 11.7 Å². The first-order valence-corrected chi connectivity index (χ1v) is 13.9. The molecule has 190 valence electrons. The summed E-state index contributed by atoms with van der Waals surface area (Å²) in [6, 6.07) is 11.3. The molecule has 0 atom stereocenters. The smallest absolute Gasteiger partial charge is 0.163 e. The highest BCUT2D eigenvalue weighted by molar-refractivity contribution is 5.97. The Bertz CT molecular complexity index is 1690. The number of halogens is 1. The fourth-order valence-electron chi connectivity index (χ4n) is 6.39. The van der Waals surface area contributed by atoms with Gasteiger partial charge in [-0.05, 0) is 80.2 Å². The van der Waals surface area contributed by atoms with Crippen LogP contribution in [0, 0.1) is 5.82 Å². The zero-order valence-electron chi connectivity index (χ0n) is 21.3. The van der Waals surface area contributed by atoms with E-state index < -0.39 is 0 Å².